The SMILES string of the molecule is CCCCNC(=O)[C@@H](Cc1ccccc1)N(Cc1cccc(Br)c1)C(=O)Cc1ccc(OC)cc1. The molecule has 184 valence electrons. The molecule has 1 N–H and O–H groups in total. The standard InChI is InChI=1S/C29H33BrN2O3/c1-3-4-17-31-29(34)27(19-22-9-6-5-7-10-22)32(21-24-11-8-12-25(30)18-24)28(33)20-23-13-15-26(35-2)16-14-23/h5-16,18,27H,3-4,17,19-21H2,1-2H3,(H,31,34)/t27-/m1/s1. The number of carbonyl (C=O) groups excluding carboxylic acids is 2. The van der Waals surface area contributed by atoms with Crippen LogP contribution in [-0.2, 0) is 29.0 Å². The molecule has 35 heavy (non-hydrogen) atoms. The van der Waals surface area contributed by atoms with Crippen LogP contribution < -0.4 is 10.1 Å². The average molecular weight is 537 g/mol. The number of unbranched alkanes of at least 4 members (excludes halogenated alkanes) is 1. The lowest BCUT2D eigenvalue weighted by Gasteiger charge is -2.32. The van der Waals surface area contributed by atoms with Crippen molar-refractivity contribution >= 4 is 27.7 Å². The fraction of sp³-hybridized carbons (Fsp3) is 0.310. The van der Waals surface area contributed by atoms with Gasteiger partial charge in [0.2, 0.25) is 11.8 Å². The van der Waals surface area contributed by atoms with Crippen molar-refractivity contribution in [3.8, 4) is 5.75 Å². The number of hydrogen-bond donors (Lipinski definition) is 1. The molecule has 0 heterocycles. The Morgan fingerprint density at radius 3 is 2.31 bits per heavy atom. The van der Waals surface area contributed by atoms with Gasteiger partial charge in [-0.1, -0.05) is 83.9 Å². The van der Waals surface area contributed by atoms with Gasteiger partial charge in [0.05, 0.1) is 13.5 Å². The summed E-state index contributed by atoms with van der Waals surface area (Å²) in [7, 11) is 1.62. The van der Waals surface area contributed by atoms with Crippen molar-refractivity contribution in [3.63, 3.8) is 0 Å². The summed E-state index contributed by atoms with van der Waals surface area (Å²) in [5.41, 5.74) is 2.85. The van der Waals surface area contributed by atoms with E-state index in [1.54, 1.807) is 12.0 Å². The fourth-order valence-electron chi connectivity index (χ4n) is 3.91. The minimum absolute atomic E-state index is 0.0956. The Kier molecular flexibility index (Phi) is 10.4. The quantitative estimate of drug-likeness (QED) is 0.308. The summed E-state index contributed by atoms with van der Waals surface area (Å²) in [6.45, 7) is 3.02. The predicted molar refractivity (Wildman–Crippen MR) is 143 cm³/mol. The molecule has 1 atom stereocenters. The van der Waals surface area contributed by atoms with Crippen molar-refractivity contribution < 1.29 is 14.3 Å². The Balaban J connectivity index is 1.92. The molecular formula is C29H33BrN2O3. The minimum atomic E-state index is -0.626. The molecule has 0 aromatic heterocycles. The van der Waals surface area contributed by atoms with Crippen molar-refractivity contribution in [1.29, 1.82) is 0 Å². The molecule has 3 aromatic rings. The van der Waals surface area contributed by atoms with Gasteiger partial charge >= 0.3 is 0 Å². The zero-order valence-corrected chi connectivity index (χ0v) is 22.0. The first-order chi connectivity index (χ1) is 17.0. The van der Waals surface area contributed by atoms with Crippen molar-refractivity contribution in [2.24, 2.45) is 0 Å². The summed E-state index contributed by atoms with van der Waals surface area (Å²) in [6, 6.07) is 24.6. The van der Waals surface area contributed by atoms with E-state index in [-0.39, 0.29) is 18.2 Å². The second kappa shape index (κ2) is 13.7. The van der Waals surface area contributed by atoms with Gasteiger partial charge < -0.3 is 15.0 Å². The highest BCUT2D eigenvalue weighted by atomic mass is 79.9. The number of carbonyl (C=O) groups is 2. The van der Waals surface area contributed by atoms with Crippen LogP contribution in [0.25, 0.3) is 0 Å². The van der Waals surface area contributed by atoms with Crippen LogP contribution in [0.3, 0.4) is 0 Å². The first-order valence-electron chi connectivity index (χ1n) is 12.0. The van der Waals surface area contributed by atoms with Crippen molar-refractivity contribution in [1.82, 2.24) is 10.2 Å². The number of benzene rings is 3. The van der Waals surface area contributed by atoms with Crippen LogP contribution in [0, 0.1) is 0 Å². The Morgan fingerprint density at radius 2 is 1.66 bits per heavy atom. The molecule has 2 amide bonds. The lowest BCUT2D eigenvalue weighted by Crippen LogP contribution is -2.51. The van der Waals surface area contributed by atoms with Crippen LogP contribution in [0.5, 0.6) is 5.75 Å². The molecule has 0 aliphatic carbocycles. The summed E-state index contributed by atoms with van der Waals surface area (Å²) in [4.78, 5) is 28.9. The lowest BCUT2D eigenvalue weighted by atomic mass is 10.0. The summed E-state index contributed by atoms with van der Waals surface area (Å²) < 4.78 is 6.18. The number of ether oxygens (including phenoxy) is 1. The van der Waals surface area contributed by atoms with Gasteiger partial charge in [0, 0.05) is 24.0 Å². The highest BCUT2D eigenvalue weighted by molar-refractivity contribution is 9.10. The van der Waals surface area contributed by atoms with Crippen molar-refractivity contribution in [2.45, 2.75) is 45.2 Å². The fourth-order valence-corrected chi connectivity index (χ4v) is 4.36. The van der Waals surface area contributed by atoms with E-state index in [9.17, 15) is 9.59 Å². The maximum absolute atomic E-state index is 13.7. The molecule has 0 bridgehead atoms. The Bertz CT molecular complexity index is 1090. The highest BCUT2D eigenvalue weighted by Crippen LogP contribution is 2.20. The smallest absolute Gasteiger partial charge is 0.243 e. The minimum Gasteiger partial charge on any atom is -0.497 e. The van der Waals surface area contributed by atoms with E-state index in [0.717, 1.165) is 39.8 Å². The topological polar surface area (TPSA) is 58.6 Å². The van der Waals surface area contributed by atoms with Gasteiger partial charge in [-0.15, -0.1) is 0 Å². The molecule has 6 heteroatoms. The van der Waals surface area contributed by atoms with Crippen LogP contribution in [0.15, 0.2) is 83.3 Å². The molecule has 0 spiro atoms. The van der Waals surface area contributed by atoms with Gasteiger partial charge in [0.15, 0.2) is 0 Å². The molecule has 0 unspecified atom stereocenters. The second-order valence-corrected chi connectivity index (χ2v) is 9.44. The van der Waals surface area contributed by atoms with Gasteiger partial charge in [-0.3, -0.25) is 9.59 Å². The largest absolute Gasteiger partial charge is 0.497 e. The van der Waals surface area contributed by atoms with E-state index < -0.39 is 6.04 Å². The van der Waals surface area contributed by atoms with E-state index in [4.69, 9.17) is 4.74 Å². The van der Waals surface area contributed by atoms with Crippen LogP contribution in [0.1, 0.15) is 36.5 Å². The van der Waals surface area contributed by atoms with E-state index in [0.29, 0.717) is 19.5 Å². The number of nitrogens with one attached hydrogen (secondary N) is 1. The molecule has 0 fully saturated rings. The third-order valence-electron chi connectivity index (χ3n) is 5.86. The lowest BCUT2D eigenvalue weighted by molar-refractivity contribution is -0.140. The van der Waals surface area contributed by atoms with Gasteiger partial charge in [-0.2, -0.15) is 0 Å². The Hall–Kier alpha value is -3.12. The van der Waals surface area contributed by atoms with E-state index in [1.807, 2.05) is 78.9 Å². The number of nitrogens with zero attached hydrogens (tertiary/aromatic N) is 1. The molecule has 0 radical (unpaired) electrons. The highest BCUT2D eigenvalue weighted by Gasteiger charge is 2.30. The maximum atomic E-state index is 13.7. The number of hydrogen-bond acceptors (Lipinski definition) is 3. The van der Waals surface area contributed by atoms with Gasteiger partial charge in [0.1, 0.15) is 11.8 Å². The first-order valence-corrected chi connectivity index (χ1v) is 12.8. The van der Waals surface area contributed by atoms with Crippen LogP contribution in [0.4, 0.5) is 0 Å². The number of amides is 2. The molecule has 0 saturated heterocycles. The van der Waals surface area contributed by atoms with Gasteiger partial charge in [-0.05, 0) is 47.4 Å². The first kappa shape index (κ1) is 26.5. The summed E-state index contributed by atoms with van der Waals surface area (Å²) in [5.74, 6) is 0.520. The summed E-state index contributed by atoms with van der Waals surface area (Å²) in [6.07, 6.45) is 2.53. The summed E-state index contributed by atoms with van der Waals surface area (Å²) >= 11 is 3.52. The monoisotopic (exact) mass is 536 g/mol. The second-order valence-electron chi connectivity index (χ2n) is 8.53. The summed E-state index contributed by atoms with van der Waals surface area (Å²) in [5, 5.41) is 3.06. The van der Waals surface area contributed by atoms with Crippen molar-refractivity contribution in [3.05, 3.63) is 100 Å². The molecule has 3 rings (SSSR count). The molecular weight excluding hydrogens is 504 g/mol. The van der Waals surface area contributed by atoms with Crippen LogP contribution >= 0.6 is 15.9 Å². The number of rotatable bonds is 12. The van der Waals surface area contributed by atoms with Crippen molar-refractivity contribution in [2.75, 3.05) is 13.7 Å². The normalized spacial score (nSPS) is 11.5. The third-order valence-corrected chi connectivity index (χ3v) is 6.35. The van der Waals surface area contributed by atoms with Gasteiger partial charge in [0.25, 0.3) is 0 Å². The van der Waals surface area contributed by atoms with E-state index >= 15 is 0 Å². The van der Waals surface area contributed by atoms with E-state index in [1.165, 1.54) is 0 Å². The van der Waals surface area contributed by atoms with Crippen LogP contribution in [0.2, 0.25) is 0 Å². The number of methoxy groups -OCH3 is 1. The molecule has 3 aromatic carbocycles. The average Bonchev–Trinajstić information content (AvgIpc) is 2.87. The molecule has 5 nitrogen and oxygen atoms in total. The zero-order valence-electron chi connectivity index (χ0n) is 20.4. The zero-order chi connectivity index (χ0) is 25.0. The molecule has 0 aliphatic heterocycles. The Morgan fingerprint density at radius 1 is 0.943 bits per heavy atom. The van der Waals surface area contributed by atoms with Crippen LogP contribution in [-0.4, -0.2) is 36.4 Å². The molecule has 0 saturated carbocycles. The maximum Gasteiger partial charge on any atom is 0.243 e. The number of halogens is 1. The molecule has 0 aliphatic rings. The van der Waals surface area contributed by atoms with E-state index in [2.05, 4.69) is 28.2 Å². The Labute approximate surface area is 216 Å². The van der Waals surface area contributed by atoms with Gasteiger partial charge in [-0.25, -0.2) is 0 Å². The predicted octanol–water partition coefficient (Wildman–Crippen LogP) is 5.56. The third kappa shape index (κ3) is 8.25.